The molecule has 12 heavy (non-hydrogen) atoms. The van der Waals surface area contributed by atoms with E-state index in [0.29, 0.717) is 0 Å². The van der Waals surface area contributed by atoms with Gasteiger partial charge in [0, 0.05) is 14.2 Å². The van der Waals surface area contributed by atoms with Gasteiger partial charge in [-0.05, 0) is 18.6 Å². The first-order chi connectivity index (χ1) is 5.64. The number of aliphatic hydroxyl groups is 1. The van der Waals surface area contributed by atoms with E-state index in [9.17, 15) is 5.11 Å². The molecule has 0 saturated heterocycles. The molecule has 3 heteroatoms. The van der Waals surface area contributed by atoms with Crippen LogP contribution in [-0.2, 0) is 9.47 Å². The molecule has 0 aromatic rings. The van der Waals surface area contributed by atoms with E-state index in [0.717, 1.165) is 5.57 Å². The second kappa shape index (κ2) is 3.39. The Balaban J connectivity index is 2.91. The van der Waals surface area contributed by atoms with E-state index in [-0.39, 0.29) is 0 Å². The number of methoxy groups -OCH3 is 2. The van der Waals surface area contributed by atoms with Gasteiger partial charge < -0.3 is 14.6 Å². The van der Waals surface area contributed by atoms with Crippen molar-refractivity contribution in [1.82, 2.24) is 0 Å². The molecule has 0 bridgehead atoms. The standard InChI is InChI=1S/C9H14O3/c1-7-5-4-6-9(10,12-3)8(7)11-2/h4-6,8,10H,1-3H3. The molecule has 0 radical (unpaired) electrons. The van der Waals surface area contributed by atoms with Gasteiger partial charge in [-0.2, -0.15) is 0 Å². The highest BCUT2D eigenvalue weighted by atomic mass is 16.6. The highest BCUT2D eigenvalue weighted by Gasteiger charge is 2.37. The van der Waals surface area contributed by atoms with E-state index in [1.807, 2.05) is 13.0 Å². The maximum atomic E-state index is 9.84. The van der Waals surface area contributed by atoms with E-state index in [1.165, 1.54) is 7.11 Å². The van der Waals surface area contributed by atoms with Crippen LogP contribution in [-0.4, -0.2) is 31.2 Å². The minimum Gasteiger partial charge on any atom is -0.371 e. The Morgan fingerprint density at radius 1 is 1.50 bits per heavy atom. The summed E-state index contributed by atoms with van der Waals surface area (Å²) < 4.78 is 10.1. The fraction of sp³-hybridized carbons (Fsp3) is 0.556. The lowest BCUT2D eigenvalue weighted by molar-refractivity contribution is -0.205. The first-order valence-corrected chi connectivity index (χ1v) is 3.80. The van der Waals surface area contributed by atoms with Crippen LogP contribution >= 0.6 is 0 Å². The Hall–Kier alpha value is -0.640. The average Bonchev–Trinajstić information content (AvgIpc) is 2.05. The lowest BCUT2D eigenvalue weighted by Crippen LogP contribution is -2.45. The summed E-state index contributed by atoms with van der Waals surface area (Å²) in [7, 11) is 3.00. The summed E-state index contributed by atoms with van der Waals surface area (Å²) in [6.45, 7) is 1.89. The van der Waals surface area contributed by atoms with Gasteiger partial charge in [0.25, 0.3) is 0 Å². The Kier molecular flexibility index (Phi) is 2.67. The number of ether oxygens (including phenoxy) is 2. The summed E-state index contributed by atoms with van der Waals surface area (Å²) in [6.07, 6.45) is 4.82. The van der Waals surface area contributed by atoms with Crippen LogP contribution in [0.4, 0.5) is 0 Å². The van der Waals surface area contributed by atoms with Gasteiger partial charge in [0.05, 0.1) is 0 Å². The predicted molar refractivity (Wildman–Crippen MR) is 45.7 cm³/mol. The van der Waals surface area contributed by atoms with Crippen LogP contribution < -0.4 is 0 Å². The normalized spacial score (nSPS) is 35.0. The molecule has 0 heterocycles. The second-order valence-corrected chi connectivity index (χ2v) is 2.84. The fourth-order valence-electron chi connectivity index (χ4n) is 1.37. The lowest BCUT2D eigenvalue weighted by Gasteiger charge is -2.33. The third-order valence-electron chi connectivity index (χ3n) is 2.05. The van der Waals surface area contributed by atoms with Crippen LogP contribution in [0.5, 0.6) is 0 Å². The zero-order valence-electron chi connectivity index (χ0n) is 7.57. The monoisotopic (exact) mass is 170 g/mol. The molecule has 2 unspecified atom stereocenters. The van der Waals surface area contributed by atoms with Crippen molar-refractivity contribution in [3.05, 3.63) is 23.8 Å². The molecular formula is C9H14O3. The topological polar surface area (TPSA) is 38.7 Å². The van der Waals surface area contributed by atoms with E-state index in [1.54, 1.807) is 19.3 Å². The smallest absolute Gasteiger partial charge is 0.216 e. The first kappa shape index (κ1) is 9.45. The molecular weight excluding hydrogens is 156 g/mol. The summed E-state index contributed by atoms with van der Waals surface area (Å²) in [5.41, 5.74) is 0.948. The molecule has 68 valence electrons. The zero-order chi connectivity index (χ0) is 9.19. The summed E-state index contributed by atoms with van der Waals surface area (Å²) in [6, 6.07) is 0. The maximum absolute atomic E-state index is 9.84. The van der Waals surface area contributed by atoms with Crippen LogP contribution in [0.1, 0.15) is 6.92 Å². The third kappa shape index (κ3) is 1.43. The van der Waals surface area contributed by atoms with Crippen molar-refractivity contribution >= 4 is 0 Å². The molecule has 1 aliphatic carbocycles. The van der Waals surface area contributed by atoms with Crippen molar-refractivity contribution in [2.75, 3.05) is 14.2 Å². The van der Waals surface area contributed by atoms with Crippen molar-refractivity contribution in [3.63, 3.8) is 0 Å². The van der Waals surface area contributed by atoms with Gasteiger partial charge in [-0.15, -0.1) is 0 Å². The highest BCUT2D eigenvalue weighted by molar-refractivity contribution is 5.26. The molecule has 0 spiro atoms. The summed E-state index contributed by atoms with van der Waals surface area (Å²) in [4.78, 5) is 0. The van der Waals surface area contributed by atoms with Gasteiger partial charge in [0.15, 0.2) is 0 Å². The molecule has 2 atom stereocenters. The van der Waals surface area contributed by atoms with Gasteiger partial charge >= 0.3 is 0 Å². The molecule has 0 fully saturated rings. The average molecular weight is 170 g/mol. The van der Waals surface area contributed by atoms with Gasteiger partial charge in [-0.25, -0.2) is 0 Å². The van der Waals surface area contributed by atoms with Crippen LogP contribution in [0.15, 0.2) is 23.8 Å². The Morgan fingerprint density at radius 3 is 2.58 bits per heavy atom. The molecule has 1 N–H and O–H groups in total. The molecule has 0 aromatic carbocycles. The molecule has 0 saturated carbocycles. The summed E-state index contributed by atoms with van der Waals surface area (Å²) in [5, 5.41) is 9.84. The lowest BCUT2D eigenvalue weighted by atomic mass is 9.97. The molecule has 0 amide bonds. The van der Waals surface area contributed by atoms with E-state index in [2.05, 4.69) is 0 Å². The molecule has 1 rings (SSSR count). The molecule has 3 nitrogen and oxygen atoms in total. The van der Waals surface area contributed by atoms with Crippen LogP contribution in [0.2, 0.25) is 0 Å². The van der Waals surface area contributed by atoms with Crippen LogP contribution in [0, 0.1) is 0 Å². The largest absolute Gasteiger partial charge is 0.371 e. The number of hydrogen-bond donors (Lipinski definition) is 1. The van der Waals surface area contributed by atoms with Gasteiger partial charge in [0.1, 0.15) is 6.10 Å². The van der Waals surface area contributed by atoms with E-state index < -0.39 is 11.9 Å². The van der Waals surface area contributed by atoms with Crippen molar-refractivity contribution in [2.45, 2.75) is 18.8 Å². The quantitative estimate of drug-likeness (QED) is 0.624. The third-order valence-corrected chi connectivity index (χ3v) is 2.05. The molecule has 0 aliphatic heterocycles. The molecule has 1 aliphatic rings. The van der Waals surface area contributed by atoms with Crippen LogP contribution in [0.3, 0.4) is 0 Å². The highest BCUT2D eigenvalue weighted by Crippen LogP contribution is 2.26. The summed E-state index contributed by atoms with van der Waals surface area (Å²) in [5.74, 6) is -1.31. The van der Waals surface area contributed by atoms with Crippen LogP contribution in [0.25, 0.3) is 0 Å². The summed E-state index contributed by atoms with van der Waals surface area (Å²) >= 11 is 0. The Bertz CT molecular complexity index is 220. The maximum Gasteiger partial charge on any atom is 0.216 e. The van der Waals surface area contributed by atoms with Gasteiger partial charge in [-0.3, -0.25) is 0 Å². The van der Waals surface area contributed by atoms with Gasteiger partial charge in [-0.1, -0.05) is 12.2 Å². The molecule has 0 aromatic heterocycles. The minimum absolute atomic E-state index is 0.410. The van der Waals surface area contributed by atoms with Crippen molar-refractivity contribution in [3.8, 4) is 0 Å². The van der Waals surface area contributed by atoms with Crippen molar-refractivity contribution in [1.29, 1.82) is 0 Å². The number of allylic oxidation sites excluding steroid dienone is 2. The number of hydrogen-bond acceptors (Lipinski definition) is 3. The van der Waals surface area contributed by atoms with Crippen molar-refractivity contribution in [2.24, 2.45) is 0 Å². The first-order valence-electron chi connectivity index (χ1n) is 3.80. The zero-order valence-corrected chi connectivity index (χ0v) is 7.57. The number of rotatable bonds is 2. The SMILES string of the molecule is COC1C(C)=CC=CC1(O)OC. The fourth-order valence-corrected chi connectivity index (χ4v) is 1.37. The van der Waals surface area contributed by atoms with Gasteiger partial charge in [0.2, 0.25) is 5.79 Å². The second-order valence-electron chi connectivity index (χ2n) is 2.84. The Morgan fingerprint density at radius 2 is 2.17 bits per heavy atom. The van der Waals surface area contributed by atoms with E-state index in [4.69, 9.17) is 9.47 Å². The van der Waals surface area contributed by atoms with Crippen molar-refractivity contribution < 1.29 is 14.6 Å². The Labute approximate surface area is 72.3 Å². The minimum atomic E-state index is -1.31. The van der Waals surface area contributed by atoms with E-state index >= 15 is 0 Å². The predicted octanol–water partition coefficient (Wildman–Crippen LogP) is 0.853.